The number of hydrogen-bond donors (Lipinski definition) is 0. The van der Waals surface area contributed by atoms with Crippen LogP contribution in [0.5, 0.6) is 0 Å². The molecule has 16 heavy (non-hydrogen) atoms. The minimum atomic E-state index is -3.50. The fraction of sp³-hybridized carbons (Fsp3) is 0. The van der Waals surface area contributed by atoms with Crippen molar-refractivity contribution < 1.29 is 8.42 Å². The minimum absolute atomic E-state index is 0.142. The molecule has 0 saturated heterocycles. The van der Waals surface area contributed by atoms with E-state index in [0.717, 1.165) is 0 Å². The molecule has 2 nitrogen and oxygen atoms in total. The van der Waals surface area contributed by atoms with Crippen molar-refractivity contribution in [2.45, 2.75) is 9.79 Å². The van der Waals surface area contributed by atoms with Crippen LogP contribution in [0.15, 0.2) is 64.4 Å². The molecule has 0 spiro atoms. The van der Waals surface area contributed by atoms with Gasteiger partial charge in [-0.15, -0.1) is 0 Å². The molecule has 2 aromatic rings. The normalized spacial score (nSPS) is 11.3. The summed E-state index contributed by atoms with van der Waals surface area (Å²) in [7, 11) is -3.50. The smallest absolute Gasteiger partial charge is 0.208 e. The van der Waals surface area contributed by atoms with Crippen molar-refractivity contribution in [2.75, 3.05) is 0 Å². The molecule has 0 unspecified atom stereocenters. The Hall–Kier alpha value is -1.32. The van der Waals surface area contributed by atoms with Crippen LogP contribution < -0.4 is 0 Å². The summed E-state index contributed by atoms with van der Waals surface area (Å²) in [5.74, 6) is 0. The maximum absolute atomic E-state index is 12.2. The first-order valence-corrected chi connectivity index (χ1v) is 6.53. The molecule has 4 heteroatoms. The van der Waals surface area contributed by atoms with Crippen LogP contribution in [0, 0.1) is 0 Å². The third kappa shape index (κ3) is 1.96. The quantitative estimate of drug-likeness (QED) is 0.823. The van der Waals surface area contributed by atoms with Gasteiger partial charge in [-0.3, -0.25) is 0 Å². The van der Waals surface area contributed by atoms with Crippen molar-refractivity contribution >= 4 is 21.4 Å². The summed E-state index contributed by atoms with van der Waals surface area (Å²) in [5, 5.41) is 0.242. The first-order valence-electron chi connectivity index (χ1n) is 4.67. The van der Waals surface area contributed by atoms with Crippen LogP contribution >= 0.6 is 11.6 Å². The van der Waals surface area contributed by atoms with Gasteiger partial charge in [-0.2, -0.15) is 0 Å². The Morgan fingerprint density at radius 3 is 2.00 bits per heavy atom. The monoisotopic (exact) mass is 252 g/mol. The van der Waals surface area contributed by atoms with E-state index in [1.807, 2.05) is 0 Å². The molecule has 2 rings (SSSR count). The Bertz CT molecular complexity index is 591. The standard InChI is InChI=1S/C12H9ClO2S/c13-11-8-4-5-9-12(11)16(14,15)10-6-2-1-3-7-10/h1-9H. The van der Waals surface area contributed by atoms with E-state index < -0.39 is 9.84 Å². The van der Waals surface area contributed by atoms with Crippen molar-refractivity contribution in [3.8, 4) is 0 Å². The van der Waals surface area contributed by atoms with Crippen molar-refractivity contribution in [1.29, 1.82) is 0 Å². The molecule has 82 valence electrons. The zero-order valence-corrected chi connectivity index (χ0v) is 9.87. The summed E-state index contributed by atoms with van der Waals surface area (Å²) in [6.07, 6.45) is 0. The highest BCUT2D eigenvalue weighted by Gasteiger charge is 2.19. The second-order valence-corrected chi connectivity index (χ2v) is 5.57. The Kier molecular flexibility index (Phi) is 2.99. The lowest BCUT2D eigenvalue weighted by atomic mass is 10.4. The van der Waals surface area contributed by atoms with Gasteiger partial charge in [0, 0.05) is 0 Å². The van der Waals surface area contributed by atoms with Crippen molar-refractivity contribution in [3.05, 3.63) is 59.6 Å². The van der Waals surface area contributed by atoms with Crippen LogP contribution in [-0.2, 0) is 9.84 Å². The first kappa shape index (κ1) is 11.2. The van der Waals surface area contributed by atoms with Gasteiger partial charge in [-0.1, -0.05) is 41.9 Å². The van der Waals surface area contributed by atoms with Gasteiger partial charge >= 0.3 is 0 Å². The lowest BCUT2D eigenvalue weighted by Gasteiger charge is -2.05. The zero-order chi connectivity index (χ0) is 11.6. The summed E-state index contributed by atoms with van der Waals surface area (Å²) in [4.78, 5) is 0.394. The zero-order valence-electron chi connectivity index (χ0n) is 8.30. The number of sulfone groups is 1. The topological polar surface area (TPSA) is 34.1 Å². The third-order valence-electron chi connectivity index (χ3n) is 2.18. The first-order chi connectivity index (χ1) is 7.62. The number of hydrogen-bond acceptors (Lipinski definition) is 2. The van der Waals surface area contributed by atoms with Gasteiger partial charge in [0.25, 0.3) is 0 Å². The highest BCUT2D eigenvalue weighted by atomic mass is 35.5. The SMILES string of the molecule is O=S(=O)(c1ccccc1)c1ccccc1Cl. The van der Waals surface area contributed by atoms with Gasteiger partial charge in [-0.25, -0.2) is 8.42 Å². The molecule has 0 amide bonds. The molecule has 0 bridgehead atoms. The summed E-state index contributed by atoms with van der Waals surface area (Å²) >= 11 is 5.88. The minimum Gasteiger partial charge on any atom is -0.218 e. The van der Waals surface area contributed by atoms with Crippen LogP contribution in [0.3, 0.4) is 0 Å². The highest BCUT2D eigenvalue weighted by Crippen LogP contribution is 2.26. The molecule has 2 aromatic carbocycles. The van der Waals surface area contributed by atoms with E-state index in [9.17, 15) is 8.42 Å². The van der Waals surface area contributed by atoms with Crippen LogP contribution in [-0.4, -0.2) is 8.42 Å². The van der Waals surface area contributed by atoms with Crippen LogP contribution in [0.2, 0.25) is 5.02 Å². The molecule has 0 N–H and O–H groups in total. The fourth-order valence-corrected chi connectivity index (χ4v) is 3.18. The van der Waals surface area contributed by atoms with Gasteiger partial charge in [0.15, 0.2) is 0 Å². The van der Waals surface area contributed by atoms with Gasteiger partial charge in [-0.05, 0) is 24.3 Å². The molecular weight excluding hydrogens is 244 g/mol. The van der Waals surface area contributed by atoms with E-state index in [1.165, 1.54) is 6.07 Å². The van der Waals surface area contributed by atoms with E-state index >= 15 is 0 Å². The molecular formula is C12H9ClO2S. The third-order valence-corrected chi connectivity index (χ3v) is 4.45. The molecule has 0 atom stereocenters. The van der Waals surface area contributed by atoms with Gasteiger partial charge < -0.3 is 0 Å². The van der Waals surface area contributed by atoms with Crippen molar-refractivity contribution in [2.24, 2.45) is 0 Å². The van der Waals surface area contributed by atoms with E-state index in [0.29, 0.717) is 0 Å². The summed E-state index contributed by atoms with van der Waals surface area (Å²) in [6.45, 7) is 0. The molecule has 0 fully saturated rings. The number of benzene rings is 2. The average Bonchev–Trinajstić information content (AvgIpc) is 2.30. The lowest BCUT2D eigenvalue weighted by molar-refractivity contribution is 0.596. The van der Waals surface area contributed by atoms with Crippen LogP contribution in [0.1, 0.15) is 0 Å². The maximum Gasteiger partial charge on any atom is 0.208 e. The molecule has 0 aromatic heterocycles. The van der Waals surface area contributed by atoms with Gasteiger partial charge in [0.05, 0.1) is 14.8 Å². The molecule has 0 aliphatic carbocycles. The fourth-order valence-electron chi connectivity index (χ4n) is 1.39. The maximum atomic E-state index is 12.2. The van der Waals surface area contributed by atoms with Crippen LogP contribution in [0.4, 0.5) is 0 Å². The average molecular weight is 253 g/mol. The number of halogens is 1. The number of rotatable bonds is 2. The molecule has 0 aliphatic heterocycles. The second-order valence-electron chi connectivity index (χ2n) is 3.25. The van der Waals surface area contributed by atoms with Crippen LogP contribution in [0.25, 0.3) is 0 Å². The van der Waals surface area contributed by atoms with E-state index in [4.69, 9.17) is 11.6 Å². The second kappa shape index (κ2) is 4.28. The Labute approximate surface area is 99.4 Å². The Morgan fingerprint density at radius 2 is 1.38 bits per heavy atom. The van der Waals surface area contributed by atoms with E-state index in [2.05, 4.69) is 0 Å². The Balaban J connectivity index is 2.62. The van der Waals surface area contributed by atoms with E-state index in [-0.39, 0.29) is 14.8 Å². The predicted molar refractivity (Wildman–Crippen MR) is 63.3 cm³/mol. The Morgan fingerprint density at radius 1 is 0.812 bits per heavy atom. The van der Waals surface area contributed by atoms with Crippen molar-refractivity contribution in [3.63, 3.8) is 0 Å². The lowest BCUT2D eigenvalue weighted by Crippen LogP contribution is -2.02. The van der Waals surface area contributed by atoms with E-state index in [1.54, 1.807) is 48.5 Å². The van der Waals surface area contributed by atoms with Gasteiger partial charge in [0.1, 0.15) is 0 Å². The van der Waals surface area contributed by atoms with Gasteiger partial charge in [0.2, 0.25) is 9.84 Å². The molecule has 0 heterocycles. The molecule has 0 radical (unpaired) electrons. The summed E-state index contributed by atoms with van der Waals surface area (Å²) in [6, 6.07) is 14.7. The molecule has 0 saturated carbocycles. The summed E-state index contributed by atoms with van der Waals surface area (Å²) in [5.41, 5.74) is 0. The van der Waals surface area contributed by atoms with Crippen molar-refractivity contribution in [1.82, 2.24) is 0 Å². The highest BCUT2D eigenvalue weighted by molar-refractivity contribution is 7.91. The molecule has 0 aliphatic rings. The summed E-state index contributed by atoms with van der Waals surface area (Å²) < 4.78 is 24.3. The predicted octanol–water partition coefficient (Wildman–Crippen LogP) is 3.17. The largest absolute Gasteiger partial charge is 0.218 e.